The molecule has 1 aromatic carbocycles. The van der Waals surface area contributed by atoms with E-state index in [9.17, 15) is 9.50 Å². The van der Waals surface area contributed by atoms with Gasteiger partial charge in [-0.15, -0.1) is 0 Å². The molecule has 3 nitrogen and oxygen atoms in total. The van der Waals surface area contributed by atoms with Gasteiger partial charge in [0.05, 0.1) is 0 Å². The first-order valence-electron chi connectivity index (χ1n) is 6.02. The van der Waals surface area contributed by atoms with Gasteiger partial charge in [0.25, 0.3) is 0 Å². The average Bonchev–Trinajstić information content (AvgIpc) is 2.81. The van der Waals surface area contributed by atoms with Gasteiger partial charge in [-0.2, -0.15) is 0 Å². The molecule has 0 spiro atoms. The molecule has 96 valence electrons. The van der Waals surface area contributed by atoms with Crippen LogP contribution in [0.5, 0.6) is 0 Å². The Hall–Kier alpha value is -1.68. The van der Waals surface area contributed by atoms with E-state index in [2.05, 4.69) is 4.98 Å². The highest BCUT2D eigenvalue weighted by Crippen LogP contribution is 2.25. The summed E-state index contributed by atoms with van der Waals surface area (Å²) in [6.45, 7) is 4.36. The molecule has 2 rings (SSSR count). The van der Waals surface area contributed by atoms with Crippen molar-refractivity contribution >= 4 is 0 Å². The second kappa shape index (κ2) is 4.90. The maximum absolute atomic E-state index is 13.6. The van der Waals surface area contributed by atoms with Crippen LogP contribution in [-0.2, 0) is 18.6 Å². The second-order valence-corrected chi connectivity index (χ2v) is 4.58. The smallest absolute Gasteiger partial charge is 0.140 e. The van der Waals surface area contributed by atoms with Gasteiger partial charge in [0, 0.05) is 25.4 Å². The molecule has 0 radical (unpaired) electrons. The van der Waals surface area contributed by atoms with Gasteiger partial charge in [0.1, 0.15) is 17.2 Å². The molecule has 0 fully saturated rings. The van der Waals surface area contributed by atoms with E-state index in [1.807, 2.05) is 17.7 Å². The van der Waals surface area contributed by atoms with Crippen molar-refractivity contribution in [2.24, 2.45) is 0 Å². The van der Waals surface area contributed by atoms with Crippen molar-refractivity contribution in [3.8, 4) is 0 Å². The first-order chi connectivity index (χ1) is 8.54. The Kier molecular flexibility index (Phi) is 3.48. The van der Waals surface area contributed by atoms with E-state index in [-0.39, 0.29) is 12.2 Å². The van der Waals surface area contributed by atoms with Gasteiger partial charge in [-0.25, -0.2) is 9.37 Å². The van der Waals surface area contributed by atoms with Crippen molar-refractivity contribution in [1.82, 2.24) is 9.55 Å². The molecule has 1 unspecified atom stereocenters. The van der Waals surface area contributed by atoms with Crippen LogP contribution < -0.4 is 0 Å². The van der Waals surface area contributed by atoms with E-state index in [4.69, 9.17) is 0 Å². The molecule has 2 aromatic rings. The predicted molar refractivity (Wildman–Crippen MR) is 67.6 cm³/mol. The van der Waals surface area contributed by atoms with Crippen LogP contribution in [0.4, 0.5) is 4.39 Å². The number of benzene rings is 1. The van der Waals surface area contributed by atoms with Gasteiger partial charge in [-0.05, 0) is 25.5 Å². The number of aryl methyl sites for hydroxylation is 1. The fourth-order valence-corrected chi connectivity index (χ4v) is 2.12. The molecular weight excluding hydrogens is 231 g/mol. The molecule has 1 aromatic heterocycles. The number of nitrogens with zero attached hydrogens (tertiary/aromatic N) is 2. The maximum Gasteiger partial charge on any atom is 0.140 e. The van der Waals surface area contributed by atoms with Crippen LogP contribution in [-0.4, -0.2) is 14.7 Å². The number of imidazole rings is 1. The molecule has 0 saturated carbocycles. The van der Waals surface area contributed by atoms with Gasteiger partial charge in [-0.3, -0.25) is 0 Å². The number of hydrogen-bond donors (Lipinski definition) is 1. The highest BCUT2D eigenvalue weighted by molar-refractivity contribution is 5.21. The Bertz CT molecular complexity index is 534. The highest BCUT2D eigenvalue weighted by Gasteiger charge is 2.29. The van der Waals surface area contributed by atoms with Gasteiger partial charge >= 0.3 is 0 Å². The third-order valence-corrected chi connectivity index (χ3v) is 3.03. The van der Waals surface area contributed by atoms with E-state index in [1.165, 1.54) is 6.07 Å². The van der Waals surface area contributed by atoms with Crippen LogP contribution in [0, 0.1) is 5.82 Å². The second-order valence-electron chi connectivity index (χ2n) is 4.58. The summed E-state index contributed by atoms with van der Waals surface area (Å²) in [4.78, 5) is 4.18. The number of rotatable bonds is 4. The Morgan fingerprint density at radius 2 is 2.11 bits per heavy atom. The third-order valence-electron chi connectivity index (χ3n) is 3.03. The lowest BCUT2D eigenvalue weighted by Crippen LogP contribution is -2.29. The minimum Gasteiger partial charge on any atom is -0.382 e. The zero-order valence-corrected chi connectivity index (χ0v) is 10.6. The van der Waals surface area contributed by atoms with Crippen LogP contribution in [0.3, 0.4) is 0 Å². The quantitative estimate of drug-likeness (QED) is 0.902. The van der Waals surface area contributed by atoms with E-state index < -0.39 is 5.60 Å². The summed E-state index contributed by atoms with van der Waals surface area (Å²) in [6, 6.07) is 6.49. The van der Waals surface area contributed by atoms with Crippen molar-refractivity contribution in [2.45, 2.75) is 32.4 Å². The molecular formula is C14H17FN2O. The van der Waals surface area contributed by atoms with Crippen LogP contribution in [0.15, 0.2) is 36.7 Å². The third kappa shape index (κ3) is 2.43. The van der Waals surface area contributed by atoms with E-state index >= 15 is 0 Å². The molecule has 1 atom stereocenters. The first kappa shape index (κ1) is 12.8. The fourth-order valence-electron chi connectivity index (χ4n) is 2.12. The number of aromatic nitrogens is 2. The van der Waals surface area contributed by atoms with Gasteiger partial charge in [-0.1, -0.05) is 18.2 Å². The summed E-state index contributed by atoms with van der Waals surface area (Å²) in [5.74, 6) is 0.264. The molecule has 0 aliphatic heterocycles. The molecule has 4 heteroatoms. The molecule has 1 heterocycles. The van der Waals surface area contributed by atoms with Gasteiger partial charge < -0.3 is 9.67 Å². The Labute approximate surface area is 106 Å². The zero-order chi connectivity index (χ0) is 13.2. The van der Waals surface area contributed by atoms with Crippen molar-refractivity contribution < 1.29 is 9.50 Å². The lowest BCUT2D eigenvalue weighted by Gasteiger charge is -2.23. The number of halogens is 1. The van der Waals surface area contributed by atoms with Crippen molar-refractivity contribution in [3.05, 3.63) is 53.9 Å². The summed E-state index contributed by atoms with van der Waals surface area (Å²) in [5, 5.41) is 10.5. The molecule has 0 aliphatic rings. The molecule has 0 bridgehead atoms. The van der Waals surface area contributed by atoms with Gasteiger partial charge in [0.2, 0.25) is 0 Å². The summed E-state index contributed by atoms with van der Waals surface area (Å²) >= 11 is 0. The van der Waals surface area contributed by atoms with E-state index in [0.29, 0.717) is 11.4 Å². The average molecular weight is 248 g/mol. The minimum atomic E-state index is -1.18. The number of aliphatic hydroxyl groups is 1. The Morgan fingerprint density at radius 1 is 1.39 bits per heavy atom. The maximum atomic E-state index is 13.6. The summed E-state index contributed by atoms with van der Waals surface area (Å²) in [7, 11) is 0. The zero-order valence-electron chi connectivity index (χ0n) is 10.6. The highest BCUT2D eigenvalue weighted by atomic mass is 19.1. The van der Waals surface area contributed by atoms with E-state index in [1.54, 1.807) is 31.3 Å². The minimum absolute atomic E-state index is 0.205. The molecule has 1 N–H and O–H groups in total. The van der Waals surface area contributed by atoms with Crippen molar-refractivity contribution in [2.75, 3.05) is 0 Å². The lowest BCUT2D eigenvalue weighted by atomic mass is 9.95. The summed E-state index contributed by atoms with van der Waals surface area (Å²) in [6.07, 6.45) is 3.66. The fraction of sp³-hybridized carbons (Fsp3) is 0.357. The van der Waals surface area contributed by atoms with Crippen LogP contribution in [0.25, 0.3) is 0 Å². The monoisotopic (exact) mass is 248 g/mol. The lowest BCUT2D eigenvalue weighted by molar-refractivity contribution is 0.0436. The molecule has 0 aliphatic carbocycles. The first-order valence-corrected chi connectivity index (χ1v) is 6.02. The Balaban J connectivity index is 2.30. The Morgan fingerprint density at radius 3 is 2.78 bits per heavy atom. The standard InChI is InChI=1S/C14H17FN2O/c1-3-17-9-8-16-13(17)14(2,18)10-11-6-4-5-7-12(11)15/h4-9,18H,3,10H2,1-2H3. The van der Waals surface area contributed by atoms with Crippen LogP contribution in [0.2, 0.25) is 0 Å². The molecule has 18 heavy (non-hydrogen) atoms. The summed E-state index contributed by atoms with van der Waals surface area (Å²) in [5.41, 5.74) is -0.685. The van der Waals surface area contributed by atoms with Crippen LogP contribution >= 0.6 is 0 Å². The van der Waals surface area contributed by atoms with Crippen molar-refractivity contribution in [1.29, 1.82) is 0 Å². The summed E-state index contributed by atoms with van der Waals surface area (Å²) < 4.78 is 15.5. The normalized spacial score (nSPS) is 14.4. The number of hydrogen-bond acceptors (Lipinski definition) is 2. The SMILES string of the molecule is CCn1ccnc1C(C)(O)Cc1ccccc1F. The van der Waals surface area contributed by atoms with Crippen molar-refractivity contribution in [3.63, 3.8) is 0 Å². The molecule has 0 saturated heterocycles. The van der Waals surface area contributed by atoms with Crippen LogP contribution in [0.1, 0.15) is 25.2 Å². The molecule has 0 amide bonds. The van der Waals surface area contributed by atoms with E-state index in [0.717, 1.165) is 6.54 Å². The predicted octanol–water partition coefficient (Wildman–Crippen LogP) is 2.49. The largest absolute Gasteiger partial charge is 0.382 e. The van der Waals surface area contributed by atoms with Gasteiger partial charge in [0.15, 0.2) is 0 Å². The topological polar surface area (TPSA) is 38.0 Å².